The number of anilines is 2. The van der Waals surface area contributed by atoms with Crippen molar-refractivity contribution in [3.05, 3.63) is 36.4 Å². The molecule has 1 amide bonds. The third-order valence-corrected chi connectivity index (χ3v) is 7.28. The molecular weight excluding hydrogens is 376 g/mol. The first-order valence-corrected chi connectivity index (χ1v) is 11.3. The molecule has 0 radical (unpaired) electrons. The number of rotatable bonds is 6. The first-order valence-electron chi connectivity index (χ1n) is 9.63. The number of piperazine rings is 1. The molecule has 28 heavy (non-hydrogen) atoms. The molecule has 2 aliphatic rings. The zero-order valence-corrected chi connectivity index (χ0v) is 17.7. The van der Waals surface area contributed by atoms with E-state index in [4.69, 9.17) is 0 Å². The zero-order chi connectivity index (χ0) is 20.5. The Morgan fingerprint density at radius 3 is 2.79 bits per heavy atom. The van der Waals surface area contributed by atoms with E-state index in [9.17, 15) is 13.2 Å². The molecule has 1 aromatic carbocycles. The average Bonchev–Trinajstić information content (AvgIpc) is 3.01. The smallest absolute Gasteiger partial charge is 0.242 e. The van der Waals surface area contributed by atoms with Crippen molar-refractivity contribution in [1.29, 1.82) is 0 Å². The first kappa shape index (κ1) is 20.8. The molecular formula is C20H30N4O3S. The molecule has 0 aromatic heterocycles. The Labute approximate surface area is 167 Å². The summed E-state index contributed by atoms with van der Waals surface area (Å²) in [7, 11) is 0.341. The van der Waals surface area contributed by atoms with Crippen LogP contribution in [0.15, 0.2) is 30.9 Å². The minimum Gasteiger partial charge on any atom is -0.378 e. The average molecular weight is 407 g/mol. The second-order valence-corrected chi connectivity index (χ2v) is 10.0. The number of amides is 1. The molecule has 2 aliphatic heterocycles. The van der Waals surface area contributed by atoms with Gasteiger partial charge in [0.05, 0.1) is 18.0 Å². The fraction of sp³-hybridized carbons (Fsp3) is 0.550. The second kappa shape index (κ2) is 8.23. The van der Waals surface area contributed by atoms with Crippen LogP contribution in [-0.2, 0) is 21.1 Å². The summed E-state index contributed by atoms with van der Waals surface area (Å²) >= 11 is 0. The Kier molecular flexibility index (Phi) is 6.12. The van der Waals surface area contributed by atoms with Gasteiger partial charge in [0.2, 0.25) is 5.91 Å². The Hall–Kier alpha value is -1.90. The Balaban J connectivity index is 1.94. The molecule has 7 nitrogen and oxygen atoms in total. The van der Waals surface area contributed by atoms with Crippen LogP contribution in [0.5, 0.6) is 0 Å². The van der Waals surface area contributed by atoms with Crippen LogP contribution in [0.2, 0.25) is 0 Å². The van der Waals surface area contributed by atoms with E-state index in [-0.39, 0.29) is 18.2 Å². The van der Waals surface area contributed by atoms with Crippen molar-refractivity contribution in [1.82, 2.24) is 10.2 Å². The maximum absolute atomic E-state index is 13.3. The minimum atomic E-state index is -3.51. The van der Waals surface area contributed by atoms with E-state index in [1.54, 1.807) is 0 Å². The monoisotopic (exact) mass is 406 g/mol. The van der Waals surface area contributed by atoms with Crippen molar-refractivity contribution in [3.63, 3.8) is 0 Å². The van der Waals surface area contributed by atoms with Crippen LogP contribution in [-0.4, -0.2) is 76.7 Å². The molecule has 2 heterocycles. The molecule has 154 valence electrons. The lowest BCUT2D eigenvalue weighted by molar-refractivity contribution is -0.120. The lowest BCUT2D eigenvalue weighted by atomic mass is 10.1. The fourth-order valence-corrected chi connectivity index (χ4v) is 5.48. The van der Waals surface area contributed by atoms with Crippen molar-refractivity contribution in [2.24, 2.45) is 0 Å². The molecule has 8 heteroatoms. The number of carbonyl (C=O) groups is 1. The number of fused-ring (bicyclic) bond motifs is 1. The van der Waals surface area contributed by atoms with E-state index >= 15 is 0 Å². The molecule has 0 saturated carbocycles. The van der Waals surface area contributed by atoms with E-state index < -0.39 is 15.2 Å². The molecule has 1 aromatic rings. The van der Waals surface area contributed by atoms with Crippen LogP contribution in [0.4, 0.5) is 11.4 Å². The molecule has 1 saturated heterocycles. The van der Waals surface area contributed by atoms with Crippen molar-refractivity contribution >= 4 is 27.1 Å². The van der Waals surface area contributed by atoms with E-state index in [0.717, 1.165) is 30.9 Å². The maximum atomic E-state index is 13.3. The van der Waals surface area contributed by atoms with Crippen molar-refractivity contribution in [2.45, 2.75) is 24.8 Å². The van der Waals surface area contributed by atoms with Crippen molar-refractivity contribution < 1.29 is 13.2 Å². The molecule has 1 fully saturated rings. The van der Waals surface area contributed by atoms with Gasteiger partial charge in [0.25, 0.3) is 0 Å². The molecule has 3 rings (SSSR count). The summed E-state index contributed by atoms with van der Waals surface area (Å²) in [6.45, 7) is 8.25. The third-order valence-electron chi connectivity index (χ3n) is 5.37. The summed E-state index contributed by atoms with van der Waals surface area (Å²) in [5.41, 5.74) is 2.54. The van der Waals surface area contributed by atoms with Gasteiger partial charge in [-0.25, -0.2) is 8.42 Å². The van der Waals surface area contributed by atoms with Gasteiger partial charge in [0, 0.05) is 51.9 Å². The molecule has 0 bridgehead atoms. The molecule has 2 atom stereocenters. The Morgan fingerprint density at radius 2 is 2.14 bits per heavy atom. The van der Waals surface area contributed by atoms with E-state index in [1.165, 1.54) is 11.0 Å². The zero-order valence-electron chi connectivity index (χ0n) is 16.9. The summed E-state index contributed by atoms with van der Waals surface area (Å²) in [5, 5.41) is 2.49. The number of carbonyl (C=O) groups excluding carboxylic acids is 1. The number of nitrogens with one attached hydrogen (secondary N) is 1. The number of nitrogens with zero attached hydrogens (tertiary/aromatic N) is 3. The summed E-state index contributed by atoms with van der Waals surface area (Å²) < 4.78 is 25.8. The summed E-state index contributed by atoms with van der Waals surface area (Å²) in [6.07, 6.45) is 1.72. The highest BCUT2D eigenvalue weighted by Crippen LogP contribution is 2.37. The number of hydrogen-bond acceptors (Lipinski definition) is 6. The largest absolute Gasteiger partial charge is 0.378 e. The van der Waals surface area contributed by atoms with Gasteiger partial charge >= 0.3 is 0 Å². The summed E-state index contributed by atoms with van der Waals surface area (Å²) in [4.78, 5) is 18.8. The highest BCUT2D eigenvalue weighted by molar-refractivity contribution is 7.92. The van der Waals surface area contributed by atoms with Crippen molar-refractivity contribution in [2.75, 3.05) is 55.8 Å². The SMILES string of the molecule is C=CCS(=O)(=O)C1Cc2ccc(N(C)C)cc2N1C(=O)CN1CCNC(C)C1. The highest BCUT2D eigenvalue weighted by atomic mass is 32.2. The predicted octanol–water partition coefficient (Wildman–Crippen LogP) is 0.862. The quantitative estimate of drug-likeness (QED) is 0.707. The number of benzene rings is 1. The molecule has 0 aliphatic carbocycles. The van der Waals surface area contributed by atoms with Crippen LogP contribution in [0.25, 0.3) is 0 Å². The highest BCUT2D eigenvalue weighted by Gasteiger charge is 2.41. The van der Waals surface area contributed by atoms with Crippen LogP contribution in [0.3, 0.4) is 0 Å². The van der Waals surface area contributed by atoms with Gasteiger partial charge in [-0.2, -0.15) is 0 Å². The van der Waals surface area contributed by atoms with Crippen LogP contribution in [0, 0.1) is 0 Å². The number of hydrogen-bond donors (Lipinski definition) is 1. The van der Waals surface area contributed by atoms with Gasteiger partial charge in [-0.3, -0.25) is 14.6 Å². The lowest BCUT2D eigenvalue weighted by Gasteiger charge is -2.33. The Morgan fingerprint density at radius 1 is 1.39 bits per heavy atom. The summed E-state index contributed by atoms with van der Waals surface area (Å²) in [5.74, 6) is -0.304. The fourth-order valence-electron chi connectivity index (χ4n) is 3.94. The van der Waals surface area contributed by atoms with Crippen molar-refractivity contribution in [3.8, 4) is 0 Å². The van der Waals surface area contributed by atoms with Gasteiger partial charge < -0.3 is 10.2 Å². The third kappa shape index (κ3) is 4.24. The maximum Gasteiger partial charge on any atom is 0.242 e. The molecule has 2 unspecified atom stereocenters. The van der Waals surface area contributed by atoms with E-state index in [1.807, 2.05) is 37.2 Å². The van der Waals surface area contributed by atoms with Gasteiger partial charge in [-0.15, -0.1) is 6.58 Å². The predicted molar refractivity (Wildman–Crippen MR) is 114 cm³/mol. The first-order chi connectivity index (χ1) is 13.2. The normalized spacial score (nSPS) is 22.8. The standard InChI is InChI=1S/C20H30N4O3S/c1-5-10-28(26,27)20-11-16-6-7-17(22(3)4)12-18(16)24(20)19(25)14-23-9-8-21-15(2)13-23/h5-7,12,15,20-21H,1,8-11,13-14H2,2-4H3. The molecule has 1 N–H and O–H groups in total. The topological polar surface area (TPSA) is 73.0 Å². The van der Waals surface area contributed by atoms with Gasteiger partial charge in [0.1, 0.15) is 5.37 Å². The van der Waals surface area contributed by atoms with Crippen LogP contribution >= 0.6 is 0 Å². The van der Waals surface area contributed by atoms with Gasteiger partial charge in [0.15, 0.2) is 9.84 Å². The van der Waals surface area contributed by atoms with Gasteiger partial charge in [-0.05, 0) is 24.6 Å². The van der Waals surface area contributed by atoms with Crippen LogP contribution in [0.1, 0.15) is 12.5 Å². The second-order valence-electron chi connectivity index (χ2n) is 7.84. The van der Waals surface area contributed by atoms with Gasteiger partial charge in [-0.1, -0.05) is 12.1 Å². The minimum absolute atomic E-state index is 0.138. The van der Waals surface area contributed by atoms with Crippen LogP contribution < -0.4 is 15.1 Å². The van der Waals surface area contributed by atoms with E-state index in [2.05, 4.69) is 23.7 Å². The molecule has 0 spiro atoms. The number of sulfone groups is 1. The lowest BCUT2D eigenvalue weighted by Crippen LogP contribution is -2.54. The Bertz CT molecular complexity index is 853. The summed E-state index contributed by atoms with van der Waals surface area (Å²) in [6, 6.07) is 6.12. The van der Waals surface area contributed by atoms with E-state index in [0.29, 0.717) is 18.2 Å².